The Morgan fingerprint density at radius 3 is 1.50 bits per heavy atom. The van der Waals surface area contributed by atoms with E-state index >= 15 is 0 Å². The molecule has 0 bridgehead atoms. The second-order valence-electron chi connectivity index (χ2n) is 6.25. The highest BCUT2D eigenvalue weighted by atomic mass is 16.1. The Hall–Kier alpha value is -1.24. The van der Waals surface area contributed by atoms with Crippen LogP contribution in [-0.2, 0) is 9.59 Å². The summed E-state index contributed by atoms with van der Waals surface area (Å²) in [5.41, 5.74) is -0.945. The lowest BCUT2D eigenvalue weighted by Gasteiger charge is -2.47. The SMILES string of the molecule is CC1(C)CC(C)(C)CC(N=C=O)(N=C=O)C1. The molecule has 88 valence electrons. The van der Waals surface area contributed by atoms with E-state index in [0.29, 0.717) is 12.8 Å². The van der Waals surface area contributed by atoms with Gasteiger partial charge in [-0.15, -0.1) is 0 Å². The predicted molar refractivity (Wildman–Crippen MR) is 60.4 cm³/mol. The first-order valence-corrected chi connectivity index (χ1v) is 5.42. The first-order valence-electron chi connectivity index (χ1n) is 5.42. The van der Waals surface area contributed by atoms with Gasteiger partial charge in [0.2, 0.25) is 12.2 Å². The molecule has 1 aliphatic rings. The summed E-state index contributed by atoms with van der Waals surface area (Å²) in [7, 11) is 0. The van der Waals surface area contributed by atoms with Crippen LogP contribution in [0.25, 0.3) is 0 Å². The summed E-state index contributed by atoms with van der Waals surface area (Å²) in [5.74, 6) is 0. The molecule has 0 aromatic carbocycles. The quantitative estimate of drug-likeness (QED) is 0.532. The second-order valence-corrected chi connectivity index (χ2v) is 6.25. The van der Waals surface area contributed by atoms with Crippen molar-refractivity contribution >= 4 is 12.2 Å². The van der Waals surface area contributed by atoms with E-state index in [-0.39, 0.29) is 10.8 Å². The Labute approximate surface area is 95.9 Å². The van der Waals surface area contributed by atoms with E-state index in [1.807, 2.05) is 0 Å². The zero-order chi connectivity index (χ0) is 12.4. The van der Waals surface area contributed by atoms with Gasteiger partial charge >= 0.3 is 0 Å². The van der Waals surface area contributed by atoms with Gasteiger partial charge in [0, 0.05) is 0 Å². The van der Waals surface area contributed by atoms with Crippen LogP contribution < -0.4 is 0 Å². The molecule has 0 unspecified atom stereocenters. The molecule has 1 fully saturated rings. The molecule has 0 saturated heterocycles. The minimum atomic E-state index is -0.950. The molecule has 0 radical (unpaired) electrons. The molecule has 0 spiro atoms. The lowest BCUT2D eigenvalue weighted by atomic mass is 9.61. The summed E-state index contributed by atoms with van der Waals surface area (Å²) in [6.45, 7) is 8.40. The monoisotopic (exact) mass is 222 g/mol. The molecular formula is C12H18N2O2. The highest BCUT2D eigenvalue weighted by Gasteiger charge is 2.48. The number of aliphatic imine (C=N–C) groups is 2. The van der Waals surface area contributed by atoms with Gasteiger partial charge in [-0.1, -0.05) is 27.7 Å². The van der Waals surface area contributed by atoms with Gasteiger partial charge in [0.1, 0.15) is 0 Å². The summed E-state index contributed by atoms with van der Waals surface area (Å²) in [6.07, 6.45) is 5.28. The third kappa shape index (κ3) is 2.88. The largest absolute Gasteiger partial charge is 0.237 e. The molecule has 1 aliphatic carbocycles. The van der Waals surface area contributed by atoms with Gasteiger partial charge in [-0.25, -0.2) is 9.59 Å². The van der Waals surface area contributed by atoms with Crippen LogP contribution >= 0.6 is 0 Å². The third-order valence-corrected chi connectivity index (χ3v) is 2.99. The van der Waals surface area contributed by atoms with Crippen molar-refractivity contribution in [3.05, 3.63) is 0 Å². The molecular weight excluding hydrogens is 204 g/mol. The molecule has 0 aliphatic heterocycles. The van der Waals surface area contributed by atoms with Gasteiger partial charge in [0.05, 0.1) is 0 Å². The fourth-order valence-corrected chi connectivity index (χ4v) is 3.37. The van der Waals surface area contributed by atoms with Crippen molar-refractivity contribution in [1.29, 1.82) is 0 Å². The topological polar surface area (TPSA) is 58.9 Å². The molecule has 0 aromatic rings. The van der Waals surface area contributed by atoms with Crippen molar-refractivity contribution in [2.24, 2.45) is 20.8 Å². The number of carbonyl (C=O) groups excluding carboxylic acids is 2. The average Bonchev–Trinajstić information content (AvgIpc) is 1.97. The lowest BCUT2D eigenvalue weighted by molar-refractivity contribution is 0.0541. The van der Waals surface area contributed by atoms with Gasteiger partial charge in [0.25, 0.3) is 0 Å². The third-order valence-electron chi connectivity index (χ3n) is 2.99. The minimum Gasteiger partial charge on any atom is -0.211 e. The van der Waals surface area contributed by atoms with Crippen LogP contribution in [0.15, 0.2) is 9.98 Å². The van der Waals surface area contributed by atoms with Crippen LogP contribution in [0.2, 0.25) is 0 Å². The summed E-state index contributed by atoms with van der Waals surface area (Å²) < 4.78 is 0. The fourth-order valence-electron chi connectivity index (χ4n) is 3.37. The minimum absolute atomic E-state index is 0.00243. The zero-order valence-electron chi connectivity index (χ0n) is 10.3. The number of isocyanates is 2. The van der Waals surface area contributed by atoms with Crippen LogP contribution in [-0.4, -0.2) is 17.8 Å². The van der Waals surface area contributed by atoms with E-state index in [1.165, 1.54) is 0 Å². The summed E-state index contributed by atoms with van der Waals surface area (Å²) in [4.78, 5) is 28.5. The van der Waals surface area contributed by atoms with E-state index < -0.39 is 5.66 Å². The van der Waals surface area contributed by atoms with E-state index in [9.17, 15) is 9.59 Å². The molecule has 1 saturated carbocycles. The summed E-state index contributed by atoms with van der Waals surface area (Å²) >= 11 is 0. The molecule has 0 amide bonds. The molecule has 0 aromatic heterocycles. The van der Waals surface area contributed by atoms with Crippen molar-refractivity contribution < 1.29 is 9.59 Å². The maximum absolute atomic E-state index is 10.5. The van der Waals surface area contributed by atoms with Gasteiger partial charge < -0.3 is 0 Å². The Morgan fingerprint density at radius 2 is 1.19 bits per heavy atom. The van der Waals surface area contributed by atoms with Gasteiger partial charge in [-0.3, -0.25) is 0 Å². The predicted octanol–water partition coefficient (Wildman–Crippen LogP) is 2.59. The van der Waals surface area contributed by atoms with Crippen molar-refractivity contribution in [3.8, 4) is 0 Å². The molecule has 16 heavy (non-hydrogen) atoms. The molecule has 0 heterocycles. The van der Waals surface area contributed by atoms with Gasteiger partial charge in [-0.05, 0) is 30.1 Å². The van der Waals surface area contributed by atoms with E-state index in [1.54, 1.807) is 12.2 Å². The summed E-state index contributed by atoms with van der Waals surface area (Å²) in [6, 6.07) is 0. The van der Waals surface area contributed by atoms with Crippen molar-refractivity contribution in [3.63, 3.8) is 0 Å². The first kappa shape index (κ1) is 12.8. The maximum Gasteiger partial charge on any atom is 0.237 e. The normalized spacial score (nSPS) is 25.0. The summed E-state index contributed by atoms with van der Waals surface area (Å²) in [5, 5.41) is 0. The van der Waals surface area contributed by atoms with Gasteiger partial charge in [0.15, 0.2) is 5.66 Å². The zero-order valence-corrected chi connectivity index (χ0v) is 10.3. The van der Waals surface area contributed by atoms with Crippen molar-refractivity contribution in [2.45, 2.75) is 52.6 Å². The Bertz CT molecular complexity index is 336. The van der Waals surface area contributed by atoms with Crippen LogP contribution in [0.1, 0.15) is 47.0 Å². The Balaban J connectivity index is 3.19. The smallest absolute Gasteiger partial charge is 0.211 e. The number of rotatable bonds is 2. The standard InChI is InChI=1S/C12H18N2O2/c1-10(2)5-11(3,4)7-12(6-10,13-8-15)14-9-16/h5-7H2,1-4H3. The fraction of sp³-hybridized carbons (Fsp3) is 0.833. The van der Waals surface area contributed by atoms with E-state index in [0.717, 1.165) is 6.42 Å². The van der Waals surface area contributed by atoms with E-state index in [2.05, 4.69) is 37.7 Å². The molecule has 0 N–H and O–H groups in total. The van der Waals surface area contributed by atoms with Crippen molar-refractivity contribution in [1.82, 2.24) is 0 Å². The number of nitrogens with zero attached hydrogens (tertiary/aromatic N) is 2. The molecule has 1 rings (SSSR count). The Morgan fingerprint density at radius 1 is 0.812 bits per heavy atom. The van der Waals surface area contributed by atoms with E-state index in [4.69, 9.17) is 0 Å². The maximum atomic E-state index is 10.5. The van der Waals surface area contributed by atoms with Crippen LogP contribution in [0.5, 0.6) is 0 Å². The highest BCUT2D eigenvalue weighted by molar-refractivity contribution is 5.39. The van der Waals surface area contributed by atoms with Crippen LogP contribution in [0.4, 0.5) is 0 Å². The molecule has 0 atom stereocenters. The van der Waals surface area contributed by atoms with Crippen molar-refractivity contribution in [2.75, 3.05) is 0 Å². The lowest BCUT2D eigenvalue weighted by Crippen LogP contribution is -2.43. The number of hydrogen-bond acceptors (Lipinski definition) is 4. The van der Waals surface area contributed by atoms with Gasteiger partial charge in [-0.2, -0.15) is 9.98 Å². The first-order chi connectivity index (χ1) is 7.24. The number of hydrogen-bond donors (Lipinski definition) is 0. The van der Waals surface area contributed by atoms with Crippen LogP contribution in [0, 0.1) is 10.8 Å². The highest BCUT2D eigenvalue weighted by Crippen LogP contribution is 2.51. The Kier molecular flexibility index (Phi) is 3.18. The molecule has 4 heteroatoms. The second kappa shape index (κ2) is 3.97. The molecule has 4 nitrogen and oxygen atoms in total. The van der Waals surface area contributed by atoms with Crippen LogP contribution in [0.3, 0.4) is 0 Å². The average molecular weight is 222 g/mol.